The monoisotopic (exact) mass is 459 g/mol. The smallest absolute Gasteiger partial charge is 0.251 e. The van der Waals surface area contributed by atoms with Gasteiger partial charge in [-0.25, -0.2) is 0 Å². The van der Waals surface area contributed by atoms with Gasteiger partial charge >= 0.3 is 0 Å². The largest absolute Gasteiger partial charge is 0.394 e. The Hall–Kier alpha value is -3.68. The molecule has 5 aromatic rings. The van der Waals surface area contributed by atoms with Crippen molar-refractivity contribution in [3.63, 3.8) is 0 Å². The molecule has 8 heteroatoms. The highest BCUT2D eigenvalue weighted by molar-refractivity contribution is 6.30. The van der Waals surface area contributed by atoms with Gasteiger partial charge in [-0.2, -0.15) is 10.2 Å². The van der Waals surface area contributed by atoms with E-state index >= 15 is 0 Å². The molecule has 0 radical (unpaired) electrons. The van der Waals surface area contributed by atoms with Gasteiger partial charge in [-0.3, -0.25) is 14.6 Å². The van der Waals surface area contributed by atoms with E-state index in [4.69, 9.17) is 11.6 Å². The van der Waals surface area contributed by atoms with Crippen LogP contribution >= 0.6 is 11.6 Å². The number of nitrogens with one attached hydrogen (secondary N) is 1. The summed E-state index contributed by atoms with van der Waals surface area (Å²) in [5, 5.41) is 23.4. The molecule has 2 aromatic carbocycles. The number of hydrogen-bond donors (Lipinski definition) is 2. The summed E-state index contributed by atoms with van der Waals surface area (Å²) in [6.45, 7) is 1.79. The van der Waals surface area contributed by atoms with Crippen LogP contribution in [0.4, 0.5) is 0 Å². The Morgan fingerprint density at radius 2 is 1.94 bits per heavy atom. The predicted octanol–water partition coefficient (Wildman–Crippen LogP) is 4.34. The van der Waals surface area contributed by atoms with Crippen molar-refractivity contribution in [3.8, 4) is 22.4 Å². The van der Waals surface area contributed by atoms with Gasteiger partial charge in [-0.05, 0) is 53.9 Å². The average Bonchev–Trinajstić information content (AvgIpc) is 3.37. The van der Waals surface area contributed by atoms with Gasteiger partial charge in [0.1, 0.15) is 5.69 Å². The normalized spacial score (nSPS) is 12.4. The minimum atomic E-state index is -0.512. The fraction of sp³-hybridized carbons (Fsp3) is 0.160. The zero-order valence-electron chi connectivity index (χ0n) is 18.2. The molecule has 5 rings (SSSR count). The Labute approximate surface area is 194 Å². The molecule has 1 atom stereocenters. The minimum Gasteiger partial charge on any atom is -0.394 e. The summed E-state index contributed by atoms with van der Waals surface area (Å²) in [5.41, 5.74) is 5.98. The maximum absolute atomic E-state index is 13.0. The lowest BCUT2D eigenvalue weighted by Crippen LogP contribution is -2.26. The number of benzene rings is 2. The lowest BCUT2D eigenvalue weighted by Gasteiger charge is -2.18. The minimum absolute atomic E-state index is 0.206. The molecular weight excluding hydrogens is 438 g/mol. The van der Waals surface area contributed by atoms with Crippen LogP contribution in [-0.4, -0.2) is 36.3 Å². The topological polar surface area (TPSA) is 88.7 Å². The maximum atomic E-state index is 13.0. The maximum Gasteiger partial charge on any atom is 0.251 e. The Balaban J connectivity index is 1.55. The molecule has 0 fully saturated rings. The third-order valence-corrected chi connectivity index (χ3v) is 6.31. The summed E-state index contributed by atoms with van der Waals surface area (Å²) in [6.07, 6.45) is 3.52. The van der Waals surface area contributed by atoms with E-state index in [1.807, 2.05) is 55.2 Å². The van der Waals surface area contributed by atoms with E-state index in [-0.39, 0.29) is 12.2 Å². The second-order valence-corrected chi connectivity index (χ2v) is 8.45. The van der Waals surface area contributed by atoms with Crippen LogP contribution in [-0.2, 0) is 7.05 Å². The van der Waals surface area contributed by atoms with E-state index in [1.54, 1.807) is 30.5 Å². The van der Waals surface area contributed by atoms with E-state index in [2.05, 4.69) is 15.3 Å². The number of aliphatic hydroxyl groups is 1. The molecule has 0 saturated carbocycles. The number of aromatic nitrogens is 5. The van der Waals surface area contributed by atoms with Crippen LogP contribution in [0.1, 0.15) is 17.3 Å². The molecule has 0 unspecified atom stereocenters. The number of aliphatic hydroxyl groups excluding tert-OH is 1. The Morgan fingerprint density at radius 3 is 2.64 bits per heavy atom. The lowest BCUT2D eigenvalue weighted by atomic mass is 10.0. The molecule has 0 aliphatic heterocycles. The van der Waals surface area contributed by atoms with E-state index in [1.165, 1.54) is 4.57 Å². The van der Waals surface area contributed by atoms with E-state index < -0.39 is 6.04 Å². The predicted molar refractivity (Wildman–Crippen MR) is 129 cm³/mol. The van der Waals surface area contributed by atoms with Gasteiger partial charge in [0.25, 0.3) is 5.56 Å². The van der Waals surface area contributed by atoms with Crippen LogP contribution in [0.15, 0.2) is 71.8 Å². The molecule has 0 amide bonds. The van der Waals surface area contributed by atoms with E-state index in [0.717, 1.165) is 44.5 Å². The number of fused-ring (bicyclic) bond motifs is 1. The second kappa shape index (κ2) is 8.35. The fourth-order valence-electron chi connectivity index (χ4n) is 4.12. The van der Waals surface area contributed by atoms with Gasteiger partial charge in [0, 0.05) is 41.0 Å². The van der Waals surface area contributed by atoms with Crippen molar-refractivity contribution in [2.75, 3.05) is 6.61 Å². The molecule has 0 aliphatic carbocycles. The number of halogens is 1. The molecule has 0 saturated heterocycles. The highest BCUT2D eigenvalue weighted by atomic mass is 35.5. The van der Waals surface area contributed by atoms with Crippen LogP contribution in [0.5, 0.6) is 0 Å². The Kier molecular flexibility index (Phi) is 5.36. The van der Waals surface area contributed by atoms with Crippen LogP contribution in [0, 0.1) is 6.92 Å². The molecule has 2 N–H and O–H groups in total. The standard InChI is InChI=1S/C25H22ClN5O2/c1-15-21(13-27-30(15)2)25-20-11-16(6-7-22(20)28-29-25)17-8-9-31(24(33)12-17)23(14-32)18-4-3-5-19(26)10-18/h3-13,23,32H,14H2,1-2H3,(H,28,29)/t23-/m1/s1. The summed E-state index contributed by atoms with van der Waals surface area (Å²) >= 11 is 6.10. The van der Waals surface area contributed by atoms with Crippen LogP contribution in [0.3, 0.4) is 0 Å². The summed E-state index contributed by atoms with van der Waals surface area (Å²) in [6, 6.07) is 16.1. The first kappa shape index (κ1) is 21.2. The molecule has 0 aliphatic rings. The SMILES string of the molecule is Cc1c(-c2n[nH]c3ccc(-c4ccn([C@H](CO)c5cccc(Cl)c5)c(=O)c4)cc23)cnn1C. The number of H-pyrrole nitrogens is 1. The van der Waals surface area contributed by atoms with Gasteiger partial charge in [0.05, 0.1) is 24.4 Å². The first-order chi connectivity index (χ1) is 16.0. The van der Waals surface area contributed by atoms with Crippen LogP contribution < -0.4 is 5.56 Å². The van der Waals surface area contributed by atoms with Gasteiger partial charge in [0.2, 0.25) is 0 Å². The highest BCUT2D eigenvalue weighted by Gasteiger charge is 2.17. The molecule has 33 heavy (non-hydrogen) atoms. The lowest BCUT2D eigenvalue weighted by molar-refractivity contribution is 0.247. The molecule has 0 spiro atoms. The first-order valence-electron chi connectivity index (χ1n) is 10.5. The van der Waals surface area contributed by atoms with Crippen molar-refractivity contribution in [2.45, 2.75) is 13.0 Å². The van der Waals surface area contributed by atoms with Crippen LogP contribution in [0.25, 0.3) is 33.3 Å². The zero-order valence-corrected chi connectivity index (χ0v) is 18.9. The first-order valence-corrected chi connectivity index (χ1v) is 10.9. The summed E-state index contributed by atoms with van der Waals surface area (Å²) in [5.74, 6) is 0. The Bertz CT molecular complexity index is 1530. The molecular formula is C25H22ClN5O2. The summed E-state index contributed by atoms with van der Waals surface area (Å²) in [7, 11) is 1.90. The highest BCUT2D eigenvalue weighted by Crippen LogP contribution is 2.31. The number of aromatic amines is 1. The summed E-state index contributed by atoms with van der Waals surface area (Å²) in [4.78, 5) is 13.0. The second-order valence-electron chi connectivity index (χ2n) is 8.01. The number of pyridine rings is 1. The fourth-order valence-corrected chi connectivity index (χ4v) is 4.32. The van der Waals surface area contributed by atoms with Gasteiger partial charge in [-0.15, -0.1) is 0 Å². The number of aryl methyl sites for hydroxylation is 1. The third kappa shape index (κ3) is 3.75. The van der Waals surface area contributed by atoms with Crippen molar-refractivity contribution in [3.05, 3.63) is 93.6 Å². The number of nitrogens with zero attached hydrogens (tertiary/aromatic N) is 4. The Morgan fingerprint density at radius 1 is 1.12 bits per heavy atom. The zero-order chi connectivity index (χ0) is 23.1. The molecule has 0 bridgehead atoms. The van der Waals surface area contributed by atoms with Crippen molar-refractivity contribution in [1.82, 2.24) is 24.5 Å². The molecule has 3 aromatic heterocycles. The van der Waals surface area contributed by atoms with Gasteiger partial charge < -0.3 is 9.67 Å². The average molecular weight is 460 g/mol. The van der Waals surface area contributed by atoms with E-state index in [0.29, 0.717) is 5.02 Å². The van der Waals surface area contributed by atoms with Gasteiger partial charge in [-0.1, -0.05) is 29.8 Å². The number of hydrogen-bond acceptors (Lipinski definition) is 4. The molecule has 7 nitrogen and oxygen atoms in total. The quantitative estimate of drug-likeness (QED) is 0.409. The van der Waals surface area contributed by atoms with Crippen molar-refractivity contribution in [2.24, 2.45) is 7.05 Å². The number of rotatable bonds is 5. The third-order valence-electron chi connectivity index (χ3n) is 6.08. The molecule has 3 heterocycles. The molecule has 166 valence electrons. The van der Waals surface area contributed by atoms with Crippen molar-refractivity contribution < 1.29 is 5.11 Å². The van der Waals surface area contributed by atoms with Crippen molar-refractivity contribution in [1.29, 1.82) is 0 Å². The van der Waals surface area contributed by atoms with E-state index in [9.17, 15) is 9.90 Å². The van der Waals surface area contributed by atoms with Crippen molar-refractivity contribution >= 4 is 22.5 Å². The van der Waals surface area contributed by atoms with Crippen LogP contribution in [0.2, 0.25) is 5.02 Å². The summed E-state index contributed by atoms with van der Waals surface area (Å²) < 4.78 is 3.34. The van der Waals surface area contributed by atoms with Gasteiger partial charge in [0.15, 0.2) is 0 Å².